The van der Waals surface area contributed by atoms with Gasteiger partial charge in [-0.05, 0) is 37.3 Å². The van der Waals surface area contributed by atoms with Gasteiger partial charge in [0.1, 0.15) is 5.75 Å². The number of fused-ring (bicyclic) bond motifs is 1. The van der Waals surface area contributed by atoms with Gasteiger partial charge in [-0.25, -0.2) is 0 Å². The molecule has 0 saturated heterocycles. The van der Waals surface area contributed by atoms with Crippen LogP contribution in [0.3, 0.4) is 0 Å². The smallest absolute Gasteiger partial charge is 0.281 e. The van der Waals surface area contributed by atoms with Gasteiger partial charge in [0.25, 0.3) is 5.91 Å². The van der Waals surface area contributed by atoms with Crippen LogP contribution in [0.2, 0.25) is 5.02 Å². The molecule has 0 bridgehead atoms. The first-order valence-electron chi connectivity index (χ1n) is 7.16. The summed E-state index contributed by atoms with van der Waals surface area (Å²) in [5.74, 6) is 0.466. The minimum atomic E-state index is -0.345. The Kier molecular flexibility index (Phi) is 4.50. The van der Waals surface area contributed by atoms with Gasteiger partial charge in [-0.1, -0.05) is 35.1 Å². The average molecular weight is 347 g/mol. The predicted molar refractivity (Wildman–Crippen MR) is 93.3 cm³/mol. The van der Waals surface area contributed by atoms with Crippen LogP contribution >= 0.6 is 22.9 Å². The number of rotatable bonds is 3. The van der Waals surface area contributed by atoms with Crippen LogP contribution in [-0.2, 0) is 7.05 Å². The predicted octanol–water partition coefficient (Wildman–Crippen LogP) is 4.03. The number of nitrogens with zero attached hydrogens (tertiary/aromatic N) is 2. The molecule has 1 aromatic heterocycles. The third kappa shape index (κ3) is 3.16. The molecule has 1 heterocycles. The van der Waals surface area contributed by atoms with Crippen molar-refractivity contribution in [3.05, 3.63) is 57.9 Å². The van der Waals surface area contributed by atoms with Gasteiger partial charge in [-0.15, -0.1) is 0 Å². The molecule has 4 nitrogen and oxygen atoms in total. The van der Waals surface area contributed by atoms with Crippen LogP contribution in [0, 0.1) is 0 Å². The number of aromatic nitrogens is 1. The summed E-state index contributed by atoms with van der Waals surface area (Å²) in [5, 5.41) is 0.406. The van der Waals surface area contributed by atoms with Crippen molar-refractivity contribution in [1.29, 1.82) is 0 Å². The first-order valence-corrected chi connectivity index (χ1v) is 8.35. The van der Waals surface area contributed by atoms with Gasteiger partial charge in [0.05, 0.1) is 27.4 Å². The molecule has 0 aliphatic carbocycles. The SMILES string of the molecule is CCOc1ccc2c(c1)sc(=NC(=O)c1ccccc1Cl)n2C. The van der Waals surface area contributed by atoms with Crippen molar-refractivity contribution in [2.75, 3.05) is 6.61 Å². The van der Waals surface area contributed by atoms with Gasteiger partial charge in [0, 0.05) is 7.05 Å². The molecular weight excluding hydrogens is 332 g/mol. The second kappa shape index (κ2) is 6.56. The number of carbonyl (C=O) groups is 1. The number of halogens is 1. The molecule has 0 atom stereocenters. The molecule has 0 aliphatic heterocycles. The number of carbonyl (C=O) groups excluding carboxylic acids is 1. The van der Waals surface area contributed by atoms with Gasteiger partial charge in [-0.2, -0.15) is 4.99 Å². The molecule has 0 radical (unpaired) electrons. The zero-order valence-electron chi connectivity index (χ0n) is 12.7. The highest BCUT2D eigenvalue weighted by Crippen LogP contribution is 2.23. The molecule has 6 heteroatoms. The molecular formula is C17H15ClN2O2S. The third-order valence-electron chi connectivity index (χ3n) is 3.39. The van der Waals surface area contributed by atoms with Crippen molar-refractivity contribution >= 4 is 39.1 Å². The fourth-order valence-corrected chi connectivity index (χ4v) is 3.52. The number of hydrogen-bond donors (Lipinski definition) is 0. The maximum atomic E-state index is 12.4. The summed E-state index contributed by atoms with van der Waals surface area (Å²) in [7, 11) is 1.89. The van der Waals surface area contributed by atoms with Crippen molar-refractivity contribution in [2.45, 2.75) is 6.92 Å². The number of aryl methyl sites for hydroxylation is 1. The summed E-state index contributed by atoms with van der Waals surface area (Å²) < 4.78 is 8.42. The van der Waals surface area contributed by atoms with E-state index < -0.39 is 0 Å². The molecule has 2 aromatic carbocycles. The first kappa shape index (κ1) is 15.8. The van der Waals surface area contributed by atoms with Crippen LogP contribution < -0.4 is 9.54 Å². The molecule has 3 rings (SSSR count). The van der Waals surface area contributed by atoms with Gasteiger partial charge in [-0.3, -0.25) is 4.79 Å². The van der Waals surface area contributed by atoms with Crippen LogP contribution in [0.4, 0.5) is 0 Å². The maximum absolute atomic E-state index is 12.4. The summed E-state index contributed by atoms with van der Waals surface area (Å²) in [4.78, 5) is 17.2. The van der Waals surface area contributed by atoms with E-state index in [1.807, 2.05) is 36.7 Å². The molecule has 0 spiro atoms. The zero-order chi connectivity index (χ0) is 16.4. The molecule has 0 unspecified atom stereocenters. The lowest BCUT2D eigenvalue weighted by atomic mass is 10.2. The van der Waals surface area contributed by atoms with Crippen molar-refractivity contribution in [2.24, 2.45) is 12.0 Å². The van der Waals surface area contributed by atoms with Gasteiger partial charge in [0.2, 0.25) is 0 Å². The third-order valence-corrected chi connectivity index (χ3v) is 4.82. The van der Waals surface area contributed by atoms with Gasteiger partial charge in [0.15, 0.2) is 4.80 Å². The van der Waals surface area contributed by atoms with Gasteiger partial charge >= 0.3 is 0 Å². The fraction of sp³-hybridized carbons (Fsp3) is 0.176. The maximum Gasteiger partial charge on any atom is 0.281 e. The summed E-state index contributed by atoms with van der Waals surface area (Å²) in [6.07, 6.45) is 0. The summed E-state index contributed by atoms with van der Waals surface area (Å²) >= 11 is 7.50. The van der Waals surface area contributed by atoms with Crippen molar-refractivity contribution in [3.63, 3.8) is 0 Å². The van der Waals surface area contributed by atoms with Crippen molar-refractivity contribution in [3.8, 4) is 5.75 Å². The van der Waals surface area contributed by atoms with E-state index in [1.54, 1.807) is 24.3 Å². The molecule has 0 aliphatic rings. The second-order valence-electron chi connectivity index (χ2n) is 4.90. The van der Waals surface area contributed by atoms with E-state index >= 15 is 0 Å². The van der Waals surface area contributed by atoms with E-state index in [0.29, 0.717) is 22.0 Å². The van der Waals surface area contributed by atoms with E-state index in [9.17, 15) is 4.79 Å². The molecule has 118 valence electrons. The standard InChI is InChI=1S/C17H15ClN2O2S/c1-3-22-11-8-9-14-15(10-11)23-17(20(14)2)19-16(21)12-6-4-5-7-13(12)18/h4-10H,3H2,1-2H3. The van der Waals surface area contributed by atoms with Crippen LogP contribution in [0.15, 0.2) is 47.5 Å². The molecule has 1 amide bonds. The lowest BCUT2D eigenvalue weighted by molar-refractivity contribution is 0.0998. The number of thiazole rings is 1. The summed E-state index contributed by atoms with van der Waals surface area (Å²) in [6, 6.07) is 12.8. The van der Waals surface area contributed by atoms with E-state index in [4.69, 9.17) is 16.3 Å². The molecule has 0 N–H and O–H groups in total. The molecule has 0 saturated carbocycles. The van der Waals surface area contributed by atoms with E-state index in [0.717, 1.165) is 16.0 Å². The van der Waals surface area contributed by atoms with E-state index in [1.165, 1.54) is 11.3 Å². The van der Waals surface area contributed by atoms with Gasteiger partial charge < -0.3 is 9.30 Å². The Hall–Kier alpha value is -2.11. The fourth-order valence-electron chi connectivity index (χ4n) is 2.26. The summed E-state index contributed by atoms with van der Waals surface area (Å²) in [5.41, 5.74) is 1.41. The highest BCUT2D eigenvalue weighted by atomic mass is 35.5. The van der Waals surface area contributed by atoms with Crippen LogP contribution in [0.25, 0.3) is 10.2 Å². The number of ether oxygens (including phenoxy) is 1. The van der Waals surface area contributed by atoms with Crippen LogP contribution in [0.5, 0.6) is 5.75 Å². The molecule has 23 heavy (non-hydrogen) atoms. The lowest BCUT2D eigenvalue weighted by Crippen LogP contribution is -2.13. The normalized spacial score (nSPS) is 11.9. The lowest BCUT2D eigenvalue weighted by Gasteiger charge is -2.02. The minimum Gasteiger partial charge on any atom is -0.494 e. The zero-order valence-corrected chi connectivity index (χ0v) is 14.3. The number of benzene rings is 2. The largest absolute Gasteiger partial charge is 0.494 e. The molecule has 3 aromatic rings. The summed E-state index contributed by atoms with van der Waals surface area (Å²) in [6.45, 7) is 2.56. The Bertz CT molecular complexity index is 943. The highest BCUT2D eigenvalue weighted by Gasteiger charge is 2.10. The Morgan fingerprint density at radius 2 is 2.09 bits per heavy atom. The average Bonchev–Trinajstić information content (AvgIpc) is 2.84. The van der Waals surface area contributed by atoms with Crippen LogP contribution in [0.1, 0.15) is 17.3 Å². The Balaban J connectivity index is 2.07. The van der Waals surface area contributed by atoms with E-state index in [2.05, 4.69) is 4.99 Å². The topological polar surface area (TPSA) is 43.6 Å². The quantitative estimate of drug-likeness (QED) is 0.718. The Morgan fingerprint density at radius 3 is 2.83 bits per heavy atom. The second-order valence-corrected chi connectivity index (χ2v) is 6.32. The highest BCUT2D eigenvalue weighted by molar-refractivity contribution is 7.16. The first-order chi connectivity index (χ1) is 11.1. The molecule has 0 fully saturated rings. The Morgan fingerprint density at radius 1 is 1.30 bits per heavy atom. The number of hydrogen-bond acceptors (Lipinski definition) is 3. The number of amides is 1. The van der Waals surface area contributed by atoms with Crippen LogP contribution in [-0.4, -0.2) is 17.1 Å². The van der Waals surface area contributed by atoms with E-state index in [-0.39, 0.29) is 5.91 Å². The van der Waals surface area contributed by atoms with Crippen molar-refractivity contribution < 1.29 is 9.53 Å². The monoisotopic (exact) mass is 346 g/mol. The minimum absolute atomic E-state index is 0.345. The Labute approximate surface area is 142 Å². The van der Waals surface area contributed by atoms with Crippen molar-refractivity contribution in [1.82, 2.24) is 4.57 Å².